The number of nitrogens with one attached hydrogen (secondary N) is 1. The molecule has 156 valence electrons. The van der Waals surface area contributed by atoms with Crippen LogP contribution in [0.5, 0.6) is 0 Å². The van der Waals surface area contributed by atoms with Gasteiger partial charge in [-0.3, -0.25) is 4.79 Å². The Bertz CT molecular complexity index is 942. The lowest BCUT2D eigenvalue weighted by Gasteiger charge is -2.24. The van der Waals surface area contributed by atoms with Gasteiger partial charge in [-0.15, -0.1) is 0 Å². The number of amides is 1. The summed E-state index contributed by atoms with van der Waals surface area (Å²) in [6.07, 6.45) is -0.370. The summed E-state index contributed by atoms with van der Waals surface area (Å²) in [4.78, 5) is 24.9. The molecule has 1 N–H and O–H groups in total. The van der Waals surface area contributed by atoms with Crippen molar-refractivity contribution in [3.05, 3.63) is 68.7 Å². The number of ketones is 1. The van der Waals surface area contributed by atoms with Gasteiger partial charge in [-0.05, 0) is 51.5 Å². The molecule has 1 amide bonds. The molecule has 2 rings (SSSR count). The van der Waals surface area contributed by atoms with Crippen LogP contribution in [-0.4, -0.2) is 17.5 Å². The standard InChI is InChI=1S/C21H21Cl2F2NO3/c1-5-16(26-20(28)29-21(2,3)4)12-7-8-13(22)17(18(12)25)19(27)11-6-9-15(24)14(23)10-11/h6-10,16H,5H2,1-4H3,(H,26,28)/t16-/m1/s1. The molecule has 2 aromatic carbocycles. The summed E-state index contributed by atoms with van der Waals surface area (Å²) in [6.45, 7) is 6.88. The van der Waals surface area contributed by atoms with Gasteiger partial charge in [0.2, 0.25) is 0 Å². The van der Waals surface area contributed by atoms with Gasteiger partial charge < -0.3 is 10.1 Å². The minimum absolute atomic E-state index is 0.0116. The number of hydrogen-bond acceptors (Lipinski definition) is 3. The third-order valence-corrected chi connectivity index (χ3v) is 4.61. The summed E-state index contributed by atoms with van der Waals surface area (Å²) in [5, 5.41) is 2.23. The molecule has 4 nitrogen and oxygen atoms in total. The molecule has 0 fully saturated rings. The second-order valence-electron chi connectivity index (χ2n) is 7.39. The topological polar surface area (TPSA) is 55.4 Å². The average molecular weight is 444 g/mol. The molecule has 0 spiro atoms. The molecule has 0 unspecified atom stereocenters. The van der Waals surface area contributed by atoms with Crippen LogP contribution in [-0.2, 0) is 4.74 Å². The Kier molecular flexibility index (Phi) is 7.25. The van der Waals surface area contributed by atoms with E-state index < -0.39 is 35.2 Å². The molecule has 0 aromatic heterocycles. The van der Waals surface area contributed by atoms with Crippen molar-refractivity contribution < 1.29 is 23.1 Å². The van der Waals surface area contributed by atoms with Crippen molar-refractivity contribution in [2.75, 3.05) is 0 Å². The molecule has 0 aliphatic rings. The minimum Gasteiger partial charge on any atom is -0.444 e. The maximum atomic E-state index is 15.3. The Hall–Kier alpha value is -2.18. The third-order valence-electron chi connectivity index (χ3n) is 4.00. The van der Waals surface area contributed by atoms with E-state index in [1.807, 2.05) is 0 Å². The molecule has 0 saturated heterocycles. The number of ether oxygens (including phenoxy) is 1. The van der Waals surface area contributed by atoms with Gasteiger partial charge in [0.1, 0.15) is 17.2 Å². The van der Waals surface area contributed by atoms with Crippen molar-refractivity contribution in [3.63, 3.8) is 0 Å². The molecule has 29 heavy (non-hydrogen) atoms. The lowest BCUT2D eigenvalue weighted by molar-refractivity contribution is 0.0501. The molecule has 0 aliphatic carbocycles. The van der Waals surface area contributed by atoms with Gasteiger partial charge in [-0.2, -0.15) is 0 Å². The summed E-state index contributed by atoms with van der Waals surface area (Å²) in [5.41, 5.74) is -1.03. The maximum absolute atomic E-state index is 15.3. The molecule has 0 bridgehead atoms. The highest BCUT2D eigenvalue weighted by Gasteiger charge is 2.26. The minimum atomic E-state index is -0.870. The summed E-state index contributed by atoms with van der Waals surface area (Å²) in [6, 6.07) is 5.35. The van der Waals surface area contributed by atoms with Crippen LogP contribution in [0.1, 0.15) is 61.6 Å². The van der Waals surface area contributed by atoms with Crippen molar-refractivity contribution in [2.24, 2.45) is 0 Å². The molecule has 0 aliphatic heterocycles. The first-order valence-electron chi connectivity index (χ1n) is 8.91. The van der Waals surface area contributed by atoms with Crippen LogP contribution < -0.4 is 5.32 Å². The van der Waals surface area contributed by atoms with E-state index in [9.17, 15) is 14.0 Å². The van der Waals surface area contributed by atoms with Crippen LogP contribution in [0.3, 0.4) is 0 Å². The molecule has 0 saturated carbocycles. The van der Waals surface area contributed by atoms with E-state index in [1.54, 1.807) is 27.7 Å². The van der Waals surface area contributed by atoms with Crippen LogP contribution in [0.25, 0.3) is 0 Å². The molecular weight excluding hydrogens is 423 g/mol. The first-order chi connectivity index (χ1) is 13.4. The monoisotopic (exact) mass is 443 g/mol. The van der Waals surface area contributed by atoms with Crippen LogP contribution >= 0.6 is 23.2 Å². The van der Waals surface area contributed by atoms with E-state index in [-0.39, 0.29) is 26.7 Å². The quantitative estimate of drug-likeness (QED) is 0.538. The van der Waals surface area contributed by atoms with Crippen molar-refractivity contribution in [1.82, 2.24) is 5.32 Å². The SMILES string of the molecule is CC[C@@H](NC(=O)OC(C)(C)C)c1ccc(Cl)c(C(=O)c2ccc(F)c(Cl)c2)c1F. The van der Waals surface area contributed by atoms with Crippen molar-refractivity contribution in [1.29, 1.82) is 0 Å². The lowest BCUT2D eigenvalue weighted by Crippen LogP contribution is -2.35. The first-order valence-corrected chi connectivity index (χ1v) is 9.67. The Balaban J connectivity index is 2.41. The van der Waals surface area contributed by atoms with Gasteiger partial charge in [-0.1, -0.05) is 36.2 Å². The van der Waals surface area contributed by atoms with Crippen molar-refractivity contribution >= 4 is 35.1 Å². The van der Waals surface area contributed by atoms with Gasteiger partial charge in [0.15, 0.2) is 5.78 Å². The highest BCUT2D eigenvalue weighted by molar-refractivity contribution is 6.35. The zero-order valence-electron chi connectivity index (χ0n) is 16.4. The second kappa shape index (κ2) is 9.09. The van der Waals surface area contributed by atoms with E-state index in [0.717, 1.165) is 12.1 Å². The lowest BCUT2D eigenvalue weighted by atomic mass is 9.96. The molecule has 1 atom stereocenters. The largest absolute Gasteiger partial charge is 0.444 e. The number of benzene rings is 2. The second-order valence-corrected chi connectivity index (χ2v) is 8.21. The van der Waals surface area contributed by atoms with Crippen LogP contribution in [0.2, 0.25) is 10.0 Å². The summed E-state index contributed by atoms with van der Waals surface area (Å²) in [5.74, 6) is -2.31. The maximum Gasteiger partial charge on any atom is 0.408 e. The summed E-state index contributed by atoms with van der Waals surface area (Å²) in [7, 11) is 0. The van der Waals surface area contributed by atoms with Gasteiger partial charge >= 0.3 is 6.09 Å². The molecule has 8 heteroatoms. The fourth-order valence-electron chi connectivity index (χ4n) is 2.68. The van der Waals surface area contributed by atoms with E-state index in [1.165, 1.54) is 18.2 Å². The highest BCUT2D eigenvalue weighted by Crippen LogP contribution is 2.30. The Labute approximate surface area is 178 Å². The number of hydrogen-bond donors (Lipinski definition) is 1. The van der Waals surface area contributed by atoms with E-state index in [4.69, 9.17) is 27.9 Å². The van der Waals surface area contributed by atoms with Crippen molar-refractivity contribution in [2.45, 2.75) is 45.8 Å². The number of halogens is 4. The van der Waals surface area contributed by atoms with E-state index in [2.05, 4.69) is 5.32 Å². The van der Waals surface area contributed by atoms with E-state index >= 15 is 4.39 Å². The molecular formula is C21H21Cl2F2NO3. The number of carbonyl (C=O) groups is 2. The smallest absolute Gasteiger partial charge is 0.408 e. The zero-order chi connectivity index (χ0) is 21.9. The van der Waals surface area contributed by atoms with E-state index in [0.29, 0.717) is 6.42 Å². The van der Waals surface area contributed by atoms with Crippen LogP contribution in [0.15, 0.2) is 30.3 Å². The predicted octanol–water partition coefficient (Wildman–Crippen LogP) is 6.48. The summed E-state index contributed by atoms with van der Waals surface area (Å²) >= 11 is 11.8. The Morgan fingerprint density at radius 1 is 1.10 bits per heavy atom. The van der Waals surface area contributed by atoms with Gasteiger partial charge in [-0.25, -0.2) is 13.6 Å². The first kappa shape index (κ1) is 23.1. The highest BCUT2D eigenvalue weighted by atomic mass is 35.5. The fourth-order valence-corrected chi connectivity index (χ4v) is 3.09. The van der Waals surface area contributed by atoms with Crippen LogP contribution in [0.4, 0.5) is 13.6 Å². The average Bonchev–Trinajstić information content (AvgIpc) is 2.61. The van der Waals surface area contributed by atoms with Gasteiger partial charge in [0.25, 0.3) is 0 Å². The number of carbonyl (C=O) groups excluding carboxylic acids is 2. The molecule has 2 aromatic rings. The molecule has 0 heterocycles. The van der Waals surface area contributed by atoms with Crippen molar-refractivity contribution in [3.8, 4) is 0 Å². The Morgan fingerprint density at radius 3 is 2.31 bits per heavy atom. The zero-order valence-corrected chi connectivity index (χ0v) is 17.9. The Morgan fingerprint density at radius 2 is 1.76 bits per heavy atom. The number of alkyl carbamates (subject to hydrolysis) is 1. The van der Waals surface area contributed by atoms with Crippen LogP contribution in [0, 0.1) is 11.6 Å². The summed E-state index contributed by atoms with van der Waals surface area (Å²) < 4.78 is 33.9. The molecule has 0 radical (unpaired) electrons. The van der Waals surface area contributed by atoms with Gasteiger partial charge in [0.05, 0.1) is 21.7 Å². The fraction of sp³-hybridized carbons (Fsp3) is 0.333. The predicted molar refractivity (Wildman–Crippen MR) is 109 cm³/mol. The number of rotatable bonds is 5. The van der Waals surface area contributed by atoms with Gasteiger partial charge in [0, 0.05) is 11.1 Å². The normalized spacial score (nSPS) is 12.4. The third kappa shape index (κ3) is 5.67.